The maximum Gasteiger partial charge on any atom is 0.358 e. The average molecular weight is 227 g/mol. The summed E-state index contributed by atoms with van der Waals surface area (Å²) in [6, 6.07) is 1.53. The summed E-state index contributed by atoms with van der Waals surface area (Å²) >= 11 is 1.96. The van der Waals surface area contributed by atoms with Gasteiger partial charge in [0.25, 0.3) is 0 Å². The third-order valence-electron chi connectivity index (χ3n) is 2.52. The topological polar surface area (TPSA) is 63.3 Å². The first-order valence-electron chi connectivity index (χ1n) is 5.02. The van der Waals surface area contributed by atoms with E-state index >= 15 is 0 Å². The molecule has 0 amide bonds. The largest absolute Gasteiger partial charge is 0.476 e. The lowest BCUT2D eigenvalue weighted by Crippen LogP contribution is -2.12. The Morgan fingerprint density at radius 2 is 2.60 bits per heavy atom. The van der Waals surface area contributed by atoms with Crippen LogP contribution in [0.2, 0.25) is 0 Å². The first-order chi connectivity index (χ1) is 7.25. The van der Waals surface area contributed by atoms with Crippen molar-refractivity contribution in [3.8, 4) is 0 Å². The highest BCUT2D eigenvalue weighted by atomic mass is 32.2. The minimum Gasteiger partial charge on any atom is -0.476 e. The minimum absolute atomic E-state index is 0.00784. The lowest BCUT2D eigenvalue weighted by atomic mass is 10.00. The van der Waals surface area contributed by atoms with Gasteiger partial charge in [-0.3, -0.25) is 0 Å². The molecule has 0 bridgehead atoms. The highest BCUT2D eigenvalue weighted by Crippen LogP contribution is 2.25. The van der Waals surface area contributed by atoms with Gasteiger partial charge in [-0.15, -0.1) is 0 Å². The molecule has 1 saturated heterocycles. The molecule has 0 aromatic carbocycles. The van der Waals surface area contributed by atoms with E-state index < -0.39 is 5.97 Å². The van der Waals surface area contributed by atoms with E-state index in [-0.39, 0.29) is 5.69 Å². The van der Waals surface area contributed by atoms with E-state index in [1.807, 2.05) is 11.8 Å². The van der Waals surface area contributed by atoms with Crippen molar-refractivity contribution in [2.45, 2.75) is 19.3 Å². The van der Waals surface area contributed by atoms with Crippen molar-refractivity contribution >= 4 is 17.7 Å². The van der Waals surface area contributed by atoms with Crippen molar-refractivity contribution in [3.05, 3.63) is 17.5 Å². The summed E-state index contributed by atoms with van der Waals surface area (Å²) in [6.45, 7) is 0. The average Bonchev–Trinajstić information content (AvgIpc) is 2.68. The molecule has 1 unspecified atom stereocenters. The Balaban J connectivity index is 1.94. The molecule has 1 aromatic heterocycles. The van der Waals surface area contributed by atoms with Crippen LogP contribution < -0.4 is 0 Å². The molecule has 2 heterocycles. The zero-order chi connectivity index (χ0) is 10.7. The van der Waals surface area contributed by atoms with Gasteiger partial charge in [0.2, 0.25) is 0 Å². The number of hydrogen-bond donors (Lipinski definition) is 1. The van der Waals surface area contributed by atoms with Gasteiger partial charge < -0.3 is 9.63 Å². The second kappa shape index (κ2) is 4.70. The minimum atomic E-state index is -1.02. The fraction of sp³-hybridized carbons (Fsp3) is 0.600. The van der Waals surface area contributed by atoms with Crippen molar-refractivity contribution in [1.29, 1.82) is 0 Å². The van der Waals surface area contributed by atoms with Crippen LogP contribution in [0, 0.1) is 5.92 Å². The van der Waals surface area contributed by atoms with E-state index in [4.69, 9.17) is 9.63 Å². The number of carbonyl (C=O) groups is 1. The van der Waals surface area contributed by atoms with Crippen LogP contribution in [-0.2, 0) is 6.42 Å². The van der Waals surface area contributed by atoms with Gasteiger partial charge in [0, 0.05) is 12.5 Å². The molecule has 1 aromatic rings. The van der Waals surface area contributed by atoms with Gasteiger partial charge in [0.1, 0.15) is 5.76 Å². The number of carboxylic acids is 1. The molecular formula is C10H13NO3S. The second-order valence-corrected chi connectivity index (χ2v) is 4.92. The molecule has 0 radical (unpaired) electrons. The summed E-state index contributed by atoms with van der Waals surface area (Å²) in [7, 11) is 0. The lowest BCUT2D eigenvalue weighted by molar-refractivity contribution is 0.0685. The Morgan fingerprint density at radius 3 is 3.20 bits per heavy atom. The predicted octanol–water partition coefficient (Wildman–Crippen LogP) is 2.06. The molecule has 0 spiro atoms. The van der Waals surface area contributed by atoms with Crippen molar-refractivity contribution in [2.24, 2.45) is 5.92 Å². The molecule has 1 N–H and O–H groups in total. The third-order valence-corrected chi connectivity index (χ3v) is 3.81. The highest BCUT2D eigenvalue weighted by Gasteiger charge is 2.18. The van der Waals surface area contributed by atoms with Crippen LogP contribution in [-0.4, -0.2) is 27.7 Å². The third kappa shape index (κ3) is 2.75. The quantitative estimate of drug-likeness (QED) is 0.856. The van der Waals surface area contributed by atoms with Gasteiger partial charge in [-0.1, -0.05) is 5.16 Å². The molecule has 1 atom stereocenters. The maximum atomic E-state index is 10.6. The molecule has 1 fully saturated rings. The van der Waals surface area contributed by atoms with Crippen LogP contribution in [0.1, 0.15) is 29.1 Å². The summed E-state index contributed by atoms with van der Waals surface area (Å²) < 4.78 is 4.99. The molecule has 1 aliphatic heterocycles. The number of hydrogen-bond acceptors (Lipinski definition) is 4. The molecule has 15 heavy (non-hydrogen) atoms. The Bertz CT molecular complexity index is 344. The van der Waals surface area contributed by atoms with Crippen LogP contribution in [0.3, 0.4) is 0 Å². The van der Waals surface area contributed by atoms with E-state index in [1.165, 1.54) is 24.7 Å². The summed E-state index contributed by atoms with van der Waals surface area (Å²) in [4.78, 5) is 10.6. The smallest absolute Gasteiger partial charge is 0.358 e. The fourth-order valence-electron chi connectivity index (χ4n) is 1.76. The van der Waals surface area contributed by atoms with Crippen LogP contribution >= 0.6 is 11.8 Å². The number of aromatic nitrogens is 1. The van der Waals surface area contributed by atoms with Gasteiger partial charge in [0.15, 0.2) is 5.69 Å². The Hall–Kier alpha value is -0.970. The molecule has 2 rings (SSSR count). The number of thioether (sulfide) groups is 1. The highest BCUT2D eigenvalue weighted by molar-refractivity contribution is 7.99. The SMILES string of the molecule is O=C(O)c1cc(CC2CCCSC2)on1. The van der Waals surface area contributed by atoms with Crippen molar-refractivity contribution in [2.75, 3.05) is 11.5 Å². The first kappa shape index (κ1) is 10.5. The van der Waals surface area contributed by atoms with E-state index in [0.717, 1.165) is 12.2 Å². The van der Waals surface area contributed by atoms with Gasteiger partial charge in [-0.2, -0.15) is 11.8 Å². The molecular weight excluding hydrogens is 214 g/mol. The zero-order valence-electron chi connectivity index (χ0n) is 8.31. The Kier molecular flexibility index (Phi) is 3.30. The summed E-state index contributed by atoms with van der Waals surface area (Å²) in [5, 5.41) is 12.2. The summed E-state index contributed by atoms with van der Waals surface area (Å²) in [5.41, 5.74) is 0.00784. The molecule has 1 aliphatic rings. The van der Waals surface area contributed by atoms with Crippen LogP contribution in [0.4, 0.5) is 0 Å². The number of nitrogens with zero attached hydrogens (tertiary/aromatic N) is 1. The number of carboxylic acid groups (broad SMARTS) is 1. The van der Waals surface area contributed by atoms with Gasteiger partial charge in [-0.05, 0) is 30.3 Å². The van der Waals surface area contributed by atoms with Crippen molar-refractivity contribution in [3.63, 3.8) is 0 Å². The van der Waals surface area contributed by atoms with Crippen molar-refractivity contribution in [1.82, 2.24) is 5.16 Å². The van der Waals surface area contributed by atoms with E-state index in [1.54, 1.807) is 0 Å². The summed E-state index contributed by atoms with van der Waals surface area (Å²) in [5.74, 6) is 2.66. The number of rotatable bonds is 3. The fourth-order valence-corrected chi connectivity index (χ4v) is 2.92. The van der Waals surface area contributed by atoms with E-state index in [2.05, 4.69) is 5.16 Å². The van der Waals surface area contributed by atoms with Crippen LogP contribution in [0.25, 0.3) is 0 Å². The van der Waals surface area contributed by atoms with Gasteiger partial charge in [0.05, 0.1) is 0 Å². The predicted molar refractivity (Wildman–Crippen MR) is 57.2 cm³/mol. The van der Waals surface area contributed by atoms with Crippen LogP contribution in [0.15, 0.2) is 10.6 Å². The Morgan fingerprint density at radius 1 is 1.73 bits per heavy atom. The van der Waals surface area contributed by atoms with E-state index in [9.17, 15) is 4.79 Å². The molecule has 4 nitrogen and oxygen atoms in total. The molecule has 0 aliphatic carbocycles. The standard InChI is InChI=1S/C10H13NO3S/c12-10(13)9-5-8(14-11-9)4-7-2-1-3-15-6-7/h5,7H,1-4,6H2,(H,12,13). The monoisotopic (exact) mass is 227 g/mol. The van der Waals surface area contributed by atoms with Crippen molar-refractivity contribution < 1.29 is 14.4 Å². The van der Waals surface area contributed by atoms with Gasteiger partial charge in [-0.25, -0.2) is 4.79 Å². The molecule has 0 saturated carbocycles. The second-order valence-electron chi connectivity index (χ2n) is 3.77. The Labute approximate surface area is 92.0 Å². The first-order valence-corrected chi connectivity index (χ1v) is 6.18. The zero-order valence-corrected chi connectivity index (χ0v) is 9.13. The van der Waals surface area contributed by atoms with Crippen LogP contribution in [0.5, 0.6) is 0 Å². The van der Waals surface area contributed by atoms with Gasteiger partial charge >= 0.3 is 5.97 Å². The number of aromatic carboxylic acids is 1. The normalized spacial score (nSPS) is 21.5. The summed E-state index contributed by atoms with van der Waals surface area (Å²) in [6.07, 6.45) is 3.26. The molecule has 82 valence electrons. The lowest BCUT2D eigenvalue weighted by Gasteiger charge is -2.19. The van der Waals surface area contributed by atoms with E-state index in [0.29, 0.717) is 11.7 Å². The molecule has 5 heteroatoms. The maximum absolute atomic E-state index is 10.6.